The quantitative estimate of drug-likeness (QED) is 0.713. The number of rotatable bonds is 4. The van der Waals surface area contributed by atoms with E-state index in [1.54, 1.807) is 4.90 Å². The van der Waals surface area contributed by atoms with Gasteiger partial charge in [-0.2, -0.15) is 0 Å². The molecule has 3 fully saturated rings. The van der Waals surface area contributed by atoms with Gasteiger partial charge in [0.1, 0.15) is 0 Å². The first-order valence-corrected chi connectivity index (χ1v) is 11.5. The number of hydrogen-bond acceptors (Lipinski definition) is 6. The molecule has 1 N–H and O–H groups in total. The van der Waals surface area contributed by atoms with Gasteiger partial charge >= 0.3 is 0 Å². The van der Waals surface area contributed by atoms with Crippen LogP contribution in [-0.4, -0.2) is 63.7 Å². The Hall–Kier alpha value is -2.71. The smallest absolute Gasteiger partial charge is 0.255 e. The molecule has 3 amide bonds. The lowest BCUT2D eigenvalue weighted by Crippen LogP contribution is -2.41. The third kappa shape index (κ3) is 3.64. The maximum atomic E-state index is 12.9. The summed E-state index contributed by atoms with van der Waals surface area (Å²) in [4.78, 5) is 63.3. The van der Waals surface area contributed by atoms with Crippen LogP contribution in [0.15, 0.2) is 4.79 Å². The summed E-state index contributed by atoms with van der Waals surface area (Å²) < 4.78 is 0. The second-order valence-corrected chi connectivity index (χ2v) is 9.15. The van der Waals surface area contributed by atoms with Gasteiger partial charge in [0, 0.05) is 38.2 Å². The monoisotopic (exact) mass is 427 g/mol. The number of aromatic nitrogens is 2. The zero-order valence-corrected chi connectivity index (χ0v) is 17.8. The molecular formula is C22H29N5O4. The zero-order chi connectivity index (χ0) is 21.5. The molecular weight excluding hydrogens is 398 g/mol. The maximum absolute atomic E-state index is 12.9. The molecule has 0 unspecified atom stereocenters. The Morgan fingerprint density at radius 3 is 2.32 bits per heavy atom. The Morgan fingerprint density at radius 1 is 0.968 bits per heavy atom. The van der Waals surface area contributed by atoms with Crippen molar-refractivity contribution < 1.29 is 14.4 Å². The fraction of sp³-hybridized carbons (Fsp3) is 0.682. The van der Waals surface area contributed by atoms with Gasteiger partial charge in [-0.3, -0.25) is 29.1 Å². The first-order valence-electron chi connectivity index (χ1n) is 11.5. The van der Waals surface area contributed by atoms with E-state index in [2.05, 4.69) is 14.9 Å². The van der Waals surface area contributed by atoms with E-state index in [0.29, 0.717) is 36.7 Å². The van der Waals surface area contributed by atoms with Crippen molar-refractivity contribution in [3.8, 4) is 0 Å². The lowest BCUT2D eigenvalue weighted by molar-refractivity contribution is -0.141. The Labute approximate surface area is 180 Å². The fourth-order valence-electron chi connectivity index (χ4n) is 5.54. The summed E-state index contributed by atoms with van der Waals surface area (Å²) in [6, 6.07) is 0. The maximum Gasteiger partial charge on any atom is 0.255 e. The van der Waals surface area contributed by atoms with Crippen molar-refractivity contribution in [2.45, 2.75) is 57.9 Å². The summed E-state index contributed by atoms with van der Waals surface area (Å²) in [5, 5.41) is 0. The molecule has 0 aromatic carbocycles. The highest BCUT2D eigenvalue weighted by atomic mass is 16.2. The summed E-state index contributed by atoms with van der Waals surface area (Å²) in [7, 11) is 0. The number of amides is 3. The van der Waals surface area contributed by atoms with E-state index in [4.69, 9.17) is 0 Å². The highest BCUT2D eigenvalue weighted by Gasteiger charge is 2.48. The van der Waals surface area contributed by atoms with Gasteiger partial charge in [0.2, 0.25) is 23.7 Å². The Kier molecular flexibility index (Phi) is 5.27. The number of carbonyl (C=O) groups excluding carboxylic acids is 3. The topological polar surface area (TPSA) is 107 Å². The van der Waals surface area contributed by atoms with Gasteiger partial charge in [-0.15, -0.1) is 0 Å². The van der Waals surface area contributed by atoms with Gasteiger partial charge in [0.15, 0.2) is 0 Å². The van der Waals surface area contributed by atoms with Crippen molar-refractivity contribution in [1.29, 1.82) is 0 Å². The average molecular weight is 428 g/mol. The SMILES string of the molecule is O=C(CCN1C(=O)[C@H]2CCCC[C@@H]2C1=O)N1CCc2c(nc(N3CCCC3)[nH]c2=O)C1. The van der Waals surface area contributed by atoms with Crippen molar-refractivity contribution in [3.05, 3.63) is 21.6 Å². The van der Waals surface area contributed by atoms with Gasteiger partial charge < -0.3 is 9.80 Å². The normalized spacial score (nSPS) is 25.7. The van der Waals surface area contributed by atoms with Gasteiger partial charge in [-0.25, -0.2) is 4.98 Å². The molecule has 9 heteroatoms. The van der Waals surface area contributed by atoms with E-state index >= 15 is 0 Å². The summed E-state index contributed by atoms with van der Waals surface area (Å²) in [5.74, 6) is -0.0847. The first-order chi connectivity index (χ1) is 15.0. The van der Waals surface area contributed by atoms with Crippen LogP contribution in [0.4, 0.5) is 5.95 Å². The first kappa shape index (κ1) is 20.2. The molecule has 0 radical (unpaired) electrons. The highest BCUT2D eigenvalue weighted by molar-refractivity contribution is 6.05. The van der Waals surface area contributed by atoms with Crippen LogP contribution < -0.4 is 10.5 Å². The molecule has 9 nitrogen and oxygen atoms in total. The van der Waals surface area contributed by atoms with Crippen LogP contribution in [-0.2, 0) is 27.3 Å². The number of nitrogens with zero attached hydrogens (tertiary/aromatic N) is 4. The molecule has 0 spiro atoms. The molecule has 1 aromatic rings. The predicted molar refractivity (Wildman–Crippen MR) is 112 cm³/mol. The number of likely N-dealkylation sites (tertiary alicyclic amines) is 1. The molecule has 1 saturated carbocycles. The Bertz CT molecular complexity index is 943. The molecule has 2 atom stereocenters. The molecule has 31 heavy (non-hydrogen) atoms. The number of anilines is 1. The van der Waals surface area contributed by atoms with Gasteiger partial charge in [0.05, 0.1) is 24.1 Å². The number of carbonyl (C=O) groups is 3. The van der Waals surface area contributed by atoms with Crippen molar-refractivity contribution in [2.75, 3.05) is 31.1 Å². The van der Waals surface area contributed by atoms with Crippen LogP contribution in [0, 0.1) is 11.8 Å². The van der Waals surface area contributed by atoms with Crippen LogP contribution in [0.1, 0.15) is 56.2 Å². The van der Waals surface area contributed by atoms with Gasteiger partial charge in [-0.05, 0) is 32.1 Å². The minimum Gasteiger partial charge on any atom is -0.342 e. The van der Waals surface area contributed by atoms with Gasteiger partial charge in [0.25, 0.3) is 5.56 Å². The van der Waals surface area contributed by atoms with Crippen LogP contribution in [0.2, 0.25) is 0 Å². The summed E-state index contributed by atoms with van der Waals surface area (Å²) in [6.07, 6.45) is 6.30. The second-order valence-electron chi connectivity index (χ2n) is 9.15. The third-order valence-corrected chi connectivity index (χ3v) is 7.30. The van der Waals surface area contributed by atoms with Gasteiger partial charge in [-0.1, -0.05) is 12.8 Å². The van der Waals surface area contributed by atoms with E-state index < -0.39 is 0 Å². The number of H-pyrrole nitrogens is 1. The molecule has 166 valence electrons. The van der Waals surface area contributed by atoms with E-state index in [-0.39, 0.29) is 48.1 Å². The molecule has 1 aromatic heterocycles. The van der Waals surface area contributed by atoms with Crippen molar-refractivity contribution >= 4 is 23.7 Å². The standard InChI is InChI=1S/C22H29N5O4/c28-18(8-12-27-20(30)14-5-1-2-6-15(14)21(27)31)26-11-7-16-17(13-26)23-22(24-19(16)29)25-9-3-4-10-25/h14-15H,1-13H2,(H,23,24,29)/t14-,15-/m0/s1. The molecule has 0 bridgehead atoms. The van der Waals surface area contributed by atoms with E-state index in [1.807, 2.05) is 0 Å². The molecule has 4 aliphatic rings. The molecule has 3 aliphatic heterocycles. The van der Waals surface area contributed by atoms with Crippen LogP contribution in [0.25, 0.3) is 0 Å². The predicted octanol–water partition coefficient (Wildman–Crippen LogP) is 0.820. The Morgan fingerprint density at radius 2 is 1.65 bits per heavy atom. The van der Waals surface area contributed by atoms with E-state index in [1.165, 1.54) is 4.90 Å². The summed E-state index contributed by atoms with van der Waals surface area (Å²) >= 11 is 0. The molecule has 5 rings (SSSR count). The zero-order valence-electron chi connectivity index (χ0n) is 17.8. The number of aromatic amines is 1. The third-order valence-electron chi connectivity index (χ3n) is 7.30. The lowest BCUT2D eigenvalue weighted by atomic mass is 9.81. The number of imide groups is 1. The van der Waals surface area contributed by atoms with E-state index in [9.17, 15) is 19.2 Å². The molecule has 4 heterocycles. The minimum atomic E-state index is -0.182. The number of nitrogens with one attached hydrogen (secondary N) is 1. The summed E-state index contributed by atoms with van der Waals surface area (Å²) in [6.45, 7) is 2.65. The second kappa shape index (κ2) is 8.09. The minimum absolute atomic E-state index is 0.102. The van der Waals surface area contributed by atoms with Crippen LogP contribution in [0.5, 0.6) is 0 Å². The van der Waals surface area contributed by atoms with Crippen LogP contribution in [0.3, 0.4) is 0 Å². The Balaban J connectivity index is 1.24. The average Bonchev–Trinajstić information content (AvgIpc) is 3.40. The molecule has 2 saturated heterocycles. The largest absolute Gasteiger partial charge is 0.342 e. The van der Waals surface area contributed by atoms with Crippen molar-refractivity contribution in [2.24, 2.45) is 11.8 Å². The molecule has 1 aliphatic carbocycles. The van der Waals surface area contributed by atoms with E-state index in [0.717, 1.165) is 51.6 Å². The highest BCUT2D eigenvalue weighted by Crippen LogP contribution is 2.38. The fourth-order valence-corrected chi connectivity index (χ4v) is 5.54. The van der Waals surface area contributed by atoms with Crippen molar-refractivity contribution in [3.63, 3.8) is 0 Å². The number of hydrogen-bond donors (Lipinski definition) is 1. The lowest BCUT2D eigenvalue weighted by Gasteiger charge is -2.29. The van der Waals surface area contributed by atoms with Crippen molar-refractivity contribution in [1.82, 2.24) is 19.8 Å². The summed E-state index contributed by atoms with van der Waals surface area (Å²) in [5.41, 5.74) is 1.19. The van der Waals surface area contributed by atoms with Crippen LogP contribution >= 0.6 is 0 Å². The number of fused-ring (bicyclic) bond motifs is 2.